The predicted octanol–water partition coefficient (Wildman–Crippen LogP) is 1.92. The van der Waals surface area contributed by atoms with Gasteiger partial charge in [-0.3, -0.25) is 4.79 Å². The van der Waals surface area contributed by atoms with Gasteiger partial charge in [0.05, 0.1) is 0 Å². The molecule has 20 heavy (non-hydrogen) atoms. The number of nitrogens with zero attached hydrogens (tertiary/aromatic N) is 2. The second kappa shape index (κ2) is 5.28. The first kappa shape index (κ1) is 14.0. The first-order chi connectivity index (χ1) is 9.38. The van der Waals surface area contributed by atoms with Crippen LogP contribution in [0.1, 0.15) is 27.2 Å². The fraction of sp³-hybridized carbons (Fsp3) is 0.267. The van der Waals surface area contributed by atoms with Gasteiger partial charge in [0.15, 0.2) is 5.69 Å². The molecule has 2 aromatic rings. The van der Waals surface area contributed by atoms with E-state index in [1.165, 1.54) is 19.2 Å². The van der Waals surface area contributed by atoms with Crippen molar-refractivity contribution < 1.29 is 9.53 Å². The molecule has 5 heteroatoms. The van der Waals surface area contributed by atoms with Crippen molar-refractivity contribution in [1.29, 1.82) is 0 Å². The lowest BCUT2D eigenvalue weighted by atomic mass is 10.1. The molecule has 0 fully saturated rings. The second-order valence-corrected chi connectivity index (χ2v) is 4.80. The van der Waals surface area contributed by atoms with Gasteiger partial charge in [-0.2, -0.15) is 5.10 Å². The average molecular weight is 272 g/mol. The molecule has 0 atom stereocenters. The third-order valence-corrected chi connectivity index (χ3v) is 2.97. The lowest BCUT2D eigenvalue weighted by Gasteiger charge is -2.11. The number of carbonyl (C=O) groups excluding carboxylic acids is 1. The fourth-order valence-electron chi connectivity index (χ4n) is 2.08. The number of ether oxygens (including phenoxy) is 1. The number of aromatic nitrogens is 2. The number of carbonyl (C=O) groups is 1. The number of rotatable bonds is 2. The number of esters is 1. The molecule has 1 aromatic carbocycles. The standard InChI is InChI=1S/C15H16N2O3/c1-9-7-10(2)14(11(3)8-9)20-15(19)12-5-6-13(18)17(4)16-12/h5-8H,1-4H3. The summed E-state index contributed by atoms with van der Waals surface area (Å²) in [5.41, 5.74) is 2.72. The molecule has 0 N–H and O–H groups in total. The summed E-state index contributed by atoms with van der Waals surface area (Å²) in [6.45, 7) is 5.76. The molecule has 1 aromatic heterocycles. The molecule has 0 aliphatic carbocycles. The second-order valence-electron chi connectivity index (χ2n) is 4.80. The monoisotopic (exact) mass is 272 g/mol. The van der Waals surface area contributed by atoms with Crippen molar-refractivity contribution in [3.8, 4) is 5.75 Å². The summed E-state index contributed by atoms with van der Waals surface area (Å²) in [5, 5.41) is 3.88. The highest BCUT2D eigenvalue weighted by Crippen LogP contribution is 2.25. The minimum Gasteiger partial charge on any atom is -0.421 e. The molecule has 0 bridgehead atoms. The lowest BCUT2D eigenvalue weighted by molar-refractivity contribution is 0.0723. The lowest BCUT2D eigenvalue weighted by Crippen LogP contribution is -2.23. The zero-order chi connectivity index (χ0) is 14.9. The molecule has 0 unspecified atom stereocenters. The van der Waals surface area contributed by atoms with Crippen LogP contribution in [0.2, 0.25) is 0 Å². The largest absolute Gasteiger partial charge is 0.421 e. The summed E-state index contributed by atoms with van der Waals surface area (Å²) < 4.78 is 6.50. The van der Waals surface area contributed by atoms with Crippen LogP contribution in [-0.4, -0.2) is 15.7 Å². The van der Waals surface area contributed by atoms with Crippen molar-refractivity contribution in [2.24, 2.45) is 7.05 Å². The number of hydrogen-bond donors (Lipinski definition) is 0. The van der Waals surface area contributed by atoms with Crippen LogP contribution in [0, 0.1) is 20.8 Å². The Hall–Kier alpha value is -2.43. The van der Waals surface area contributed by atoms with Crippen molar-refractivity contribution in [2.45, 2.75) is 20.8 Å². The Balaban J connectivity index is 2.32. The van der Waals surface area contributed by atoms with Crippen LogP contribution in [0.4, 0.5) is 0 Å². The van der Waals surface area contributed by atoms with E-state index in [1.54, 1.807) is 0 Å². The summed E-state index contributed by atoms with van der Waals surface area (Å²) in [4.78, 5) is 23.3. The maximum absolute atomic E-state index is 12.1. The molecule has 1 heterocycles. The van der Waals surface area contributed by atoms with Gasteiger partial charge in [-0.05, 0) is 38.0 Å². The normalized spacial score (nSPS) is 10.4. The van der Waals surface area contributed by atoms with Crippen LogP contribution in [0.15, 0.2) is 29.1 Å². The van der Waals surface area contributed by atoms with E-state index in [0.717, 1.165) is 21.4 Å². The molecular formula is C15H16N2O3. The zero-order valence-corrected chi connectivity index (χ0v) is 11.9. The summed E-state index contributed by atoms with van der Waals surface area (Å²) in [5.74, 6) is -0.0353. The molecule has 0 radical (unpaired) electrons. The molecule has 104 valence electrons. The van der Waals surface area contributed by atoms with E-state index >= 15 is 0 Å². The molecular weight excluding hydrogens is 256 g/mol. The smallest absolute Gasteiger partial charge is 0.364 e. The molecule has 0 saturated carbocycles. The Labute approximate surface area is 116 Å². The van der Waals surface area contributed by atoms with E-state index in [-0.39, 0.29) is 11.3 Å². The minimum absolute atomic E-state index is 0.103. The summed E-state index contributed by atoms with van der Waals surface area (Å²) in [7, 11) is 1.49. The Bertz CT molecular complexity index is 709. The molecule has 0 aliphatic heterocycles. The van der Waals surface area contributed by atoms with Crippen molar-refractivity contribution >= 4 is 5.97 Å². The van der Waals surface area contributed by atoms with Crippen LogP contribution >= 0.6 is 0 Å². The quantitative estimate of drug-likeness (QED) is 0.619. The van der Waals surface area contributed by atoms with Crippen LogP contribution < -0.4 is 10.3 Å². The molecule has 2 rings (SSSR count). The highest BCUT2D eigenvalue weighted by molar-refractivity contribution is 5.89. The average Bonchev–Trinajstić information content (AvgIpc) is 2.36. The Morgan fingerprint density at radius 1 is 1.15 bits per heavy atom. The maximum Gasteiger partial charge on any atom is 0.364 e. The van der Waals surface area contributed by atoms with Gasteiger partial charge >= 0.3 is 5.97 Å². The third-order valence-electron chi connectivity index (χ3n) is 2.97. The van der Waals surface area contributed by atoms with E-state index in [0.29, 0.717) is 5.75 Å². The van der Waals surface area contributed by atoms with Gasteiger partial charge in [0.1, 0.15) is 5.75 Å². The van der Waals surface area contributed by atoms with Crippen molar-refractivity contribution in [3.05, 3.63) is 57.0 Å². The summed E-state index contributed by atoms with van der Waals surface area (Å²) in [6.07, 6.45) is 0. The van der Waals surface area contributed by atoms with E-state index in [2.05, 4.69) is 5.10 Å². The predicted molar refractivity (Wildman–Crippen MR) is 75.1 cm³/mol. The van der Waals surface area contributed by atoms with Crippen LogP contribution in [-0.2, 0) is 7.05 Å². The van der Waals surface area contributed by atoms with Gasteiger partial charge in [0.25, 0.3) is 5.56 Å². The molecule has 5 nitrogen and oxygen atoms in total. The fourth-order valence-corrected chi connectivity index (χ4v) is 2.08. The van der Waals surface area contributed by atoms with E-state index < -0.39 is 5.97 Å². The van der Waals surface area contributed by atoms with Crippen molar-refractivity contribution in [2.75, 3.05) is 0 Å². The van der Waals surface area contributed by atoms with Gasteiger partial charge < -0.3 is 4.74 Å². The van der Waals surface area contributed by atoms with Gasteiger partial charge in [-0.1, -0.05) is 17.7 Å². The Morgan fingerprint density at radius 3 is 2.30 bits per heavy atom. The number of benzene rings is 1. The molecule has 0 aliphatic rings. The minimum atomic E-state index is -0.573. The van der Waals surface area contributed by atoms with Crippen molar-refractivity contribution in [3.63, 3.8) is 0 Å². The van der Waals surface area contributed by atoms with Crippen molar-refractivity contribution in [1.82, 2.24) is 9.78 Å². The van der Waals surface area contributed by atoms with Crippen LogP contribution in [0.5, 0.6) is 5.75 Å². The summed E-state index contributed by atoms with van der Waals surface area (Å²) in [6, 6.07) is 6.55. The van der Waals surface area contributed by atoms with E-state index in [4.69, 9.17) is 4.74 Å². The van der Waals surface area contributed by atoms with Gasteiger partial charge in [0.2, 0.25) is 0 Å². The van der Waals surface area contributed by atoms with Crippen LogP contribution in [0.25, 0.3) is 0 Å². The van der Waals surface area contributed by atoms with E-state index in [1.807, 2.05) is 32.9 Å². The highest BCUT2D eigenvalue weighted by atomic mass is 16.5. The van der Waals surface area contributed by atoms with Gasteiger partial charge in [-0.15, -0.1) is 0 Å². The molecule has 0 amide bonds. The first-order valence-electron chi connectivity index (χ1n) is 6.23. The maximum atomic E-state index is 12.1. The first-order valence-corrected chi connectivity index (χ1v) is 6.23. The molecule has 0 spiro atoms. The Kier molecular flexibility index (Phi) is 3.70. The zero-order valence-electron chi connectivity index (χ0n) is 11.9. The summed E-state index contributed by atoms with van der Waals surface area (Å²) >= 11 is 0. The number of aryl methyl sites for hydroxylation is 4. The van der Waals surface area contributed by atoms with Crippen LogP contribution in [0.3, 0.4) is 0 Å². The highest BCUT2D eigenvalue weighted by Gasteiger charge is 2.14. The topological polar surface area (TPSA) is 61.2 Å². The van der Waals surface area contributed by atoms with Gasteiger partial charge in [0, 0.05) is 13.1 Å². The van der Waals surface area contributed by atoms with Gasteiger partial charge in [-0.25, -0.2) is 9.48 Å². The number of hydrogen-bond acceptors (Lipinski definition) is 4. The van der Waals surface area contributed by atoms with E-state index in [9.17, 15) is 9.59 Å². The SMILES string of the molecule is Cc1cc(C)c(OC(=O)c2ccc(=O)n(C)n2)c(C)c1. The third kappa shape index (κ3) is 2.77. The molecule has 0 saturated heterocycles. The Morgan fingerprint density at radius 2 is 1.75 bits per heavy atom.